The zero-order valence-corrected chi connectivity index (χ0v) is 13.6. The van der Waals surface area contributed by atoms with Gasteiger partial charge in [-0.1, -0.05) is 22.0 Å². The first-order chi connectivity index (χ1) is 9.45. The van der Waals surface area contributed by atoms with E-state index in [-0.39, 0.29) is 10.0 Å². The highest BCUT2D eigenvalue weighted by atomic mass is 79.9. The molecule has 6 heteroatoms. The molecule has 0 saturated heterocycles. The van der Waals surface area contributed by atoms with Crippen molar-refractivity contribution < 1.29 is 13.5 Å². The maximum Gasteiger partial charge on any atom is 0.145 e. The fraction of sp³-hybridized carbons (Fsp3) is 0.143. The first-order valence-electron chi connectivity index (χ1n) is 5.68. The minimum absolute atomic E-state index is 0.167. The van der Waals surface area contributed by atoms with Gasteiger partial charge < -0.3 is 10.5 Å². The number of nitrogens with two attached hydrogens (primary N) is 1. The second-order valence-electron chi connectivity index (χ2n) is 4.12. The van der Waals surface area contributed by atoms with E-state index in [1.165, 1.54) is 19.2 Å². The summed E-state index contributed by atoms with van der Waals surface area (Å²) in [5, 5.41) is 0. The summed E-state index contributed by atoms with van der Waals surface area (Å²) in [5.41, 5.74) is 6.33. The summed E-state index contributed by atoms with van der Waals surface area (Å²) in [6.07, 6.45) is 0. The normalized spacial score (nSPS) is 12.3. The Bertz CT molecular complexity index is 649. The Morgan fingerprint density at radius 2 is 1.85 bits per heavy atom. The second kappa shape index (κ2) is 6.20. The van der Waals surface area contributed by atoms with Crippen molar-refractivity contribution in [3.05, 3.63) is 62.0 Å². The lowest BCUT2D eigenvalue weighted by molar-refractivity contribution is 0.406. The molecule has 0 fully saturated rings. The summed E-state index contributed by atoms with van der Waals surface area (Å²) in [6.45, 7) is 0. The average Bonchev–Trinajstić information content (AvgIpc) is 2.43. The van der Waals surface area contributed by atoms with Gasteiger partial charge in [0.15, 0.2) is 0 Å². The second-order valence-corrected chi connectivity index (χ2v) is 5.89. The van der Waals surface area contributed by atoms with Crippen molar-refractivity contribution in [1.82, 2.24) is 0 Å². The van der Waals surface area contributed by atoms with Crippen LogP contribution < -0.4 is 10.5 Å². The molecule has 1 unspecified atom stereocenters. The predicted octanol–water partition coefficient (Wildman–Crippen LogP) is 4.55. The smallest absolute Gasteiger partial charge is 0.145 e. The number of rotatable bonds is 3. The summed E-state index contributed by atoms with van der Waals surface area (Å²) in [4.78, 5) is 0. The number of methoxy groups -OCH3 is 1. The summed E-state index contributed by atoms with van der Waals surface area (Å²) in [6, 6.07) is 6.63. The molecule has 2 aromatic carbocycles. The van der Waals surface area contributed by atoms with Gasteiger partial charge >= 0.3 is 0 Å². The molecule has 2 rings (SSSR count). The lowest BCUT2D eigenvalue weighted by atomic mass is 9.98. The van der Waals surface area contributed by atoms with Crippen LogP contribution in [0.25, 0.3) is 0 Å². The average molecular weight is 407 g/mol. The van der Waals surface area contributed by atoms with Crippen LogP contribution in [0.5, 0.6) is 5.75 Å². The summed E-state index contributed by atoms with van der Waals surface area (Å²) >= 11 is 6.34. The van der Waals surface area contributed by atoms with Crippen LogP contribution in [0.2, 0.25) is 0 Å². The number of benzene rings is 2. The van der Waals surface area contributed by atoms with Crippen LogP contribution in [0, 0.1) is 11.6 Å². The molecule has 0 heterocycles. The number of halogens is 4. The van der Waals surface area contributed by atoms with Gasteiger partial charge in [-0.2, -0.15) is 0 Å². The Balaban J connectivity index is 2.57. The van der Waals surface area contributed by atoms with E-state index < -0.39 is 17.7 Å². The van der Waals surface area contributed by atoms with E-state index in [2.05, 4.69) is 31.9 Å². The molecule has 0 bridgehead atoms. The van der Waals surface area contributed by atoms with Crippen LogP contribution in [0.15, 0.2) is 39.3 Å². The Morgan fingerprint density at radius 1 is 1.15 bits per heavy atom. The van der Waals surface area contributed by atoms with Gasteiger partial charge in [0, 0.05) is 15.6 Å². The van der Waals surface area contributed by atoms with E-state index in [1.807, 2.05) is 0 Å². The molecule has 0 radical (unpaired) electrons. The Kier molecular flexibility index (Phi) is 4.78. The molecule has 0 aliphatic carbocycles. The molecule has 0 spiro atoms. The lowest BCUT2D eigenvalue weighted by Gasteiger charge is -2.18. The molecule has 1 atom stereocenters. The zero-order valence-electron chi connectivity index (χ0n) is 10.5. The molecular weight excluding hydrogens is 396 g/mol. The zero-order chi connectivity index (χ0) is 14.9. The fourth-order valence-corrected chi connectivity index (χ4v) is 2.61. The summed E-state index contributed by atoms with van der Waals surface area (Å²) in [5.74, 6) is -0.934. The van der Waals surface area contributed by atoms with Crippen molar-refractivity contribution in [2.75, 3.05) is 7.11 Å². The predicted molar refractivity (Wildman–Crippen MR) is 80.8 cm³/mol. The minimum Gasteiger partial charge on any atom is -0.496 e. The lowest BCUT2D eigenvalue weighted by Crippen LogP contribution is -2.17. The van der Waals surface area contributed by atoms with Crippen LogP contribution >= 0.6 is 31.9 Å². The number of ether oxygens (including phenoxy) is 1. The van der Waals surface area contributed by atoms with Gasteiger partial charge in [-0.3, -0.25) is 0 Å². The molecule has 0 aliphatic rings. The van der Waals surface area contributed by atoms with Gasteiger partial charge in [0.25, 0.3) is 0 Å². The van der Waals surface area contributed by atoms with Gasteiger partial charge in [-0.15, -0.1) is 0 Å². The maximum absolute atomic E-state index is 14.1. The summed E-state index contributed by atoms with van der Waals surface area (Å²) in [7, 11) is 1.48. The van der Waals surface area contributed by atoms with Crippen molar-refractivity contribution in [1.29, 1.82) is 0 Å². The van der Waals surface area contributed by atoms with Crippen LogP contribution in [0.1, 0.15) is 17.2 Å². The molecule has 20 heavy (non-hydrogen) atoms. The first kappa shape index (κ1) is 15.4. The van der Waals surface area contributed by atoms with Crippen molar-refractivity contribution in [3.63, 3.8) is 0 Å². The molecule has 2 N–H and O–H groups in total. The number of hydrogen-bond donors (Lipinski definition) is 1. The van der Waals surface area contributed by atoms with E-state index >= 15 is 0 Å². The topological polar surface area (TPSA) is 35.2 Å². The monoisotopic (exact) mass is 405 g/mol. The molecule has 2 aromatic rings. The molecule has 0 aromatic heterocycles. The third-order valence-electron chi connectivity index (χ3n) is 2.92. The molecule has 0 saturated carbocycles. The standard InChI is InChI=1S/C14H11Br2F2NO/c1-20-11-6-7(15)2-3-8(11)14(19)12-10(17)5-4-9(16)13(12)18/h2-6,14H,19H2,1H3. The van der Waals surface area contributed by atoms with Crippen molar-refractivity contribution in [2.24, 2.45) is 5.73 Å². The Morgan fingerprint density at radius 3 is 2.50 bits per heavy atom. The van der Waals surface area contributed by atoms with Gasteiger partial charge in [0.1, 0.15) is 17.4 Å². The van der Waals surface area contributed by atoms with Crippen molar-refractivity contribution >= 4 is 31.9 Å². The van der Waals surface area contributed by atoms with Crippen LogP contribution in [0.3, 0.4) is 0 Å². The highest BCUT2D eigenvalue weighted by molar-refractivity contribution is 9.10. The minimum atomic E-state index is -0.962. The highest BCUT2D eigenvalue weighted by Crippen LogP contribution is 2.34. The Hall–Kier alpha value is -0.980. The molecular formula is C14H11Br2F2NO. The van der Waals surface area contributed by atoms with Crippen LogP contribution in [-0.4, -0.2) is 7.11 Å². The molecule has 2 nitrogen and oxygen atoms in total. The van der Waals surface area contributed by atoms with Gasteiger partial charge in [-0.05, 0) is 40.2 Å². The van der Waals surface area contributed by atoms with Crippen molar-refractivity contribution in [2.45, 2.75) is 6.04 Å². The van der Waals surface area contributed by atoms with Gasteiger partial charge in [-0.25, -0.2) is 8.78 Å². The molecule has 106 valence electrons. The quantitative estimate of drug-likeness (QED) is 0.759. The third kappa shape index (κ3) is 2.87. The van der Waals surface area contributed by atoms with E-state index in [0.29, 0.717) is 11.3 Å². The third-order valence-corrected chi connectivity index (χ3v) is 4.03. The summed E-state index contributed by atoms with van der Waals surface area (Å²) < 4.78 is 34.2. The van der Waals surface area contributed by atoms with Crippen molar-refractivity contribution in [3.8, 4) is 5.75 Å². The molecule has 0 aliphatic heterocycles. The maximum atomic E-state index is 14.1. The van der Waals surface area contributed by atoms with E-state index in [9.17, 15) is 8.78 Å². The Labute approximate surface area is 132 Å². The van der Waals surface area contributed by atoms with Crippen LogP contribution in [-0.2, 0) is 0 Å². The highest BCUT2D eigenvalue weighted by Gasteiger charge is 2.23. The fourth-order valence-electron chi connectivity index (χ4n) is 1.93. The van der Waals surface area contributed by atoms with E-state index in [1.54, 1.807) is 18.2 Å². The first-order valence-corrected chi connectivity index (χ1v) is 7.26. The molecule has 0 amide bonds. The van der Waals surface area contributed by atoms with Crippen LogP contribution in [0.4, 0.5) is 8.78 Å². The largest absolute Gasteiger partial charge is 0.496 e. The number of hydrogen-bond acceptors (Lipinski definition) is 2. The SMILES string of the molecule is COc1cc(Br)ccc1C(N)c1c(F)ccc(Br)c1F. The van der Waals surface area contributed by atoms with Gasteiger partial charge in [0.05, 0.1) is 17.6 Å². The van der Waals surface area contributed by atoms with Gasteiger partial charge in [0.2, 0.25) is 0 Å². The van der Waals surface area contributed by atoms with E-state index in [4.69, 9.17) is 10.5 Å². The van der Waals surface area contributed by atoms with E-state index in [0.717, 1.165) is 4.47 Å².